The van der Waals surface area contributed by atoms with Crippen LogP contribution in [0.5, 0.6) is 0 Å². The SMILES string of the molecule is CCc1nc2ccc(Br)c(CCCNC(C)=O)c2o1. The van der Waals surface area contributed by atoms with Crippen molar-refractivity contribution >= 4 is 32.9 Å². The summed E-state index contributed by atoms with van der Waals surface area (Å²) in [5.74, 6) is 0.765. The topological polar surface area (TPSA) is 55.1 Å². The molecule has 5 heteroatoms. The fourth-order valence-corrected chi connectivity index (χ4v) is 2.49. The maximum Gasteiger partial charge on any atom is 0.216 e. The largest absolute Gasteiger partial charge is 0.440 e. The highest BCUT2D eigenvalue weighted by Gasteiger charge is 2.12. The predicted octanol–water partition coefficient (Wildman–Crippen LogP) is 3.22. The molecular weight excluding hydrogens is 308 g/mol. The highest BCUT2D eigenvalue weighted by Crippen LogP contribution is 2.28. The van der Waals surface area contributed by atoms with E-state index in [4.69, 9.17) is 4.42 Å². The average Bonchev–Trinajstić information content (AvgIpc) is 2.79. The molecule has 102 valence electrons. The molecule has 1 aromatic heterocycles. The van der Waals surface area contributed by atoms with Crippen LogP contribution in [0.4, 0.5) is 0 Å². The van der Waals surface area contributed by atoms with Crippen LogP contribution in [0, 0.1) is 0 Å². The number of aromatic nitrogens is 1. The summed E-state index contributed by atoms with van der Waals surface area (Å²) < 4.78 is 6.81. The van der Waals surface area contributed by atoms with E-state index in [0.29, 0.717) is 6.54 Å². The van der Waals surface area contributed by atoms with E-state index >= 15 is 0 Å². The minimum atomic E-state index is 0.00482. The minimum absolute atomic E-state index is 0.00482. The Morgan fingerprint density at radius 2 is 2.26 bits per heavy atom. The number of rotatable bonds is 5. The van der Waals surface area contributed by atoms with E-state index in [2.05, 4.69) is 26.2 Å². The minimum Gasteiger partial charge on any atom is -0.440 e. The zero-order valence-corrected chi connectivity index (χ0v) is 12.7. The van der Waals surface area contributed by atoms with Gasteiger partial charge in [-0.15, -0.1) is 0 Å². The van der Waals surface area contributed by atoms with Crippen LogP contribution in [0.2, 0.25) is 0 Å². The number of hydrogen-bond acceptors (Lipinski definition) is 3. The average molecular weight is 325 g/mol. The van der Waals surface area contributed by atoms with Crippen molar-refractivity contribution in [2.24, 2.45) is 0 Å². The summed E-state index contributed by atoms with van der Waals surface area (Å²) in [7, 11) is 0. The van der Waals surface area contributed by atoms with E-state index in [1.54, 1.807) is 0 Å². The number of aryl methyl sites for hydroxylation is 2. The van der Waals surface area contributed by atoms with Gasteiger partial charge < -0.3 is 9.73 Å². The van der Waals surface area contributed by atoms with Crippen LogP contribution < -0.4 is 5.32 Å². The molecule has 1 aromatic carbocycles. The molecule has 19 heavy (non-hydrogen) atoms. The smallest absolute Gasteiger partial charge is 0.216 e. The van der Waals surface area contributed by atoms with Crippen molar-refractivity contribution in [1.82, 2.24) is 10.3 Å². The van der Waals surface area contributed by atoms with Crippen LogP contribution in [-0.2, 0) is 17.6 Å². The number of oxazole rings is 1. The van der Waals surface area contributed by atoms with E-state index in [0.717, 1.165) is 46.3 Å². The van der Waals surface area contributed by atoms with Gasteiger partial charge in [0, 0.05) is 29.9 Å². The van der Waals surface area contributed by atoms with Crippen molar-refractivity contribution in [3.63, 3.8) is 0 Å². The number of carbonyl (C=O) groups excluding carboxylic acids is 1. The van der Waals surface area contributed by atoms with E-state index in [1.807, 2.05) is 19.1 Å². The zero-order valence-electron chi connectivity index (χ0n) is 11.1. The molecule has 4 nitrogen and oxygen atoms in total. The standard InChI is InChI=1S/C14H17BrN2O2/c1-3-13-17-12-7-6-11(15)10(14(12)19-13)5-4-8-16-9(2)18/h6-7H,3-5,8H2,1-2H3,(H,16,18). The molecule has 0 unspecified atom stereocenters. The molecule has 0 saturated heterocycles. The van der Waals surface area contributed by atoms with Crippen LogP contribution in [0.15, 0.2) is 21.0 Å². The third kappa shape index (κ3) is 3.35. The lowest BCUT2D eigenvalue weighted by Gasteiger charge is -2.05. The second-order valence-corrected chi connectivity index (χ2v) is 5.28. The van der Waals surface area contributed by atoms with Crippen LogP contribution in [-0.4, -0.2) is 17.4 Å². The molecule has 0 atom stereocenters. The van der Waals surface area contributed by atoms with Crippen LogP contribution >= 0.6 is 15.9 Å². The Kier molecular flexibility index (Phi) is 4.58. The predicted molar refractivity (Wildman–Crippen MR) is 78.1 cm³/mol. The van der Waals surface area contributed by atoms with Gasteiger partial charge in [-0.3, -0.25) is 4.79 Å². The molecule has 0 aliphatic heterocycles. The van der Waals surface area contributed by atoms with Gasteiger partial charge in [0.1, 0.15) is 5.52 Å². The third-order valence-corrected chi connectivity index (χ3v) is 3.67. The Labute approximate surface area is 120 Å². The molecule has 0 spiro atoms. The summed E-state index contributed by atoms with van der Waals surface area (Å²) in [6, 6.07) is 3.96. The summed E-state index contributed by atoms with van der Waals surface area (Å²) in [5.41, 5.74) is 2.87. The molecule has 2 aromatic rings. The summed E-state index contributed by atoms with van der Waals surface area (Å²) >= 11 is 3.55. The highest BCUT2D eigenvalue weighted by molar-refractivity contribution is 9.10. The monoisotopic (exact) mass is 324 g/mol. The van der Waals surface area contributed by atoms with Crippen molar-refractivity contribution in [3.8, 4) is 0 Å². The van der Waals surface area contributed by atoms with Crippen molar-refractivity contribution in [2.45, 2.75) is 33.1 Å². The first-order chi connectivity index (χ1) is 9.11. The van der Waals surface area contributed by atoms with Crippen molar-refractivity contribution in [3.05, 3.63) is 28.1 Å². The van der Waals surface area contributed by atoms with Gasteiger partial charge in [0.2, 0.25) is 5.91 Å². The summed E-state index contributed by atoms with van der Waals surface area (Å²) in [5, 5.41) is 2.80. The first-order valence-corrected chi connectivity index (χ1v) is 7.22. The van der Waals surface area contributed by atoms with Crippen LogP contribution in [0.25, 0.3) is 11.1 Å². The third-order valence-electron chi connectivity index (χ3n) is 2.93. The molecule has 0 fully saturated rings. The van der Waals surface area contributed by atoms with Crippen LogP contribution in [0.1, 0.15) is 31.7 Å². The van der Waals surface area contributed by atoms with Gasteiger partial charge in [0.05, 0.1) is 0 Å². The summed E-state index contributed by atoms with van der Waals surface area (Å²) in [6.45, 7) is 4.23. The van der Waals surface area contributed by atoms with Crippen LogP contribution in [0.3, 0.4) is 0 Å². The second-order valence-electron chi connectivity index (χ2n) is 4.42. The highest BCUT2D eigenvalue weighted by atomic mass is 79.9. The van der Waals surface area contributed by atoms with E-state index in [1.165, 1.54) is 6.92 Å². The number of nitrogens with zero attached hydrogens (tertiary/aromatic N) is 1. The molecule has 2 rings (SSSR count). The van der Waals surface area contributed by atoms with Gasteiger partial charge in [-0.25, -0.2) is 4.98 Å². The zero-order chi connectivity index (χ0) is 13.8. The van der Waals surface area contributed by atoms with Gasteiger partial charge in [0.25, 0.3) is 0 Å². The Balaban J connectivity index is 2.18. The van der Waals surface area contributed by atoms with Crippen molar-refractivity contribution in [2.75, 3.05) is 6.54 Å². The van der Waals surface area contributed by atoms with Crippen molar-refractivity contribution < 1.29 is 9.21 Å². The van der Waals surface area contributed by atoms with Gasteiger partial charge in [0.15, 0.2) is 11.5 Å². The Morgan fingerprint density at radius 3 is 2.95 bits per heavy atom. The van der Waals surface area contributed by atoms with Gasteiger partial charge >= 0.3 is 0 Å². The molecule has 1 N–H and O–H groups in total. The lowest BCUT2D eigenvalue weighted by Crippen LogP contribution is -2.21. The molecule has 0 bridgehead atoms. The van der Waals surface area contributed by atoms with Gasteiger partial charge in [-0.1, -0.05) is 22.9 Å². The number of amides is 1. The number of hydrogen-bond donors (Lipinski definition) is 1. The Hall–Kier alpha value is -1.36. The first kappa shape index (κ1) is 14.1. The molecule has 1 amide bonds. The second kappa shape index (κ2) is 6.19. The number of fused-ring (bicyclic) bond motifs is 1. The van der Waals surface area contributed by atoms with E-state index in [-0.39, 0.29) is 5.91 Å². The van der Waals surface area contributed by atoms with Crippen molar-refractivity contribution in [1.29, 1.82) is 0 Å². The number of benzene rings is 1. The summed E-state index contributed by atoms with van der Waals surface area (Å²) in [6.07, 6.45) is 2.51. The van der Waals surface area contributed by atoms with E-state index < -0.39 is 0 Å². The Bertz CT molecular complexity index is 592. The number of halogens is 1. The lowest BCUT2D eigenvalue weighted by atomic mass is 10.1. The number of carbonyl (C=O) groups is 1. The quantitative estimate of drug-likeness (QED) is 0.859. The maximum absolute atomic E-state index is 10.8. The summed E-state index contributed by atoms with van der Waals surface area (Å²) in [4.78, 5) is 15.3. The normalized spacial score (nSPS) is 10.9. The lowest BCUT2D eigenvalue weighted by molar-refractivity contribution is -0.118. The first-order valence-electron chi connectivity index (χ1n) is 6.43. The fourth-order valence-electron chi connectivity index (χ4n) is 1.98. The molecular formula is C14H17BrN2O2. The maximum atomic E-state index is 10.8. The number of nitrogens with one attached hydrogen (secondary N) is 1. The molecule has 0 radical (unpaired) electrons. The molecule has 1 heterocycles. The fraction of sp³-hybridized carbons (Fsp3) is 0.429. The van der Waals surface area contributed by atoms with Gasteiger partial charge in [-0.05, 0) is 25.0 Å². The Morgan fingerprint density at radius 1 is 1.47 bits per heavy atom. The molecule has 0 saturated carbocycles. The van der Waals surface area contributed by atoms with Gasteiger partial charge in [-0.2, -0.15) is 0 Å². The van der Waals surface area contributed by atoms with E-state index in [9.17, 15) is 4.79 Å². The molecule has 0 aliphatic rings. The molecule has 0 aliphatic carbocycles.